The van der Waals surface area contributed by atoms with Gasteiger partial charge in [0.25, 0.3) is 0 Å². The van der Waals surface area contributed by atoms with Gasteiger partial charge in [-0.15, -0.1) is 0 Å². The van der Waals surface area contributed by atoms with Crippen molar-refractivity contribution in [2.45, 2.75) is 34.1 Å². The van der Waals surface area contributed by atoms with Crippen LogP contribution in [0.25, 0.3) is 0 Å². The van der Waals surface area contributed by atoms with Crippen LogP contribution in [-0.4, -0.2) is 30.4 Å². The number of anilines is 1. The van der Waals surface area contributed by atoms with Crippen molar-refractivity contribution in [3.8, 4) is 0 Å². The molecule has 1 aliphatic heterocycles. The highest BCUT2D eigenvalue weighted by Crippen LogP contribution is 2.21. The van der Waals surface area contributed by atoms with Gasteiger partial charge in [0.2, 0.25) is 5.91 Å². The van der Waals surface area contributed by atoms with E-state index in [1.54, 1.807) is 0 Å². The van der Waals surface area contributed by atoms with E-state index >= 15 is 0 Å². The van der Waals surface area contributed by atoms with Gasteiger partial charge in [-0.05, 0) is 49.3 Å². The minimum absolute atomic E-state index is 0.0972. The van der Waals surface area contributed by atoms with Gasteiger partial charge < -0.3 is 5.32 Å². The molecule has 0 spiro atoms. The lowest BCUT2D eigenvalue weighted by Crippen LogP contribution is -2.42. The van der Waals surface area contributed by atoms with Gasteiger partial charge in [0.05, 0.1) is 6.54 Å². The molecule has 1 amide bonds. The molecule has 1 aromatic carbocycles. The summed E-state index contributed by atoms with van der Waals surface area (Å²) in [5, 5.41) is 3.05. The summed E-state index contributed by atoms with van der Waals surface area (Å²) in [5.41, 5.74) is 3.30. The van der Waals surface area contributed by atoms with Crippen LogP contribution in [0.4, 0.5) is 5.69 Å². The quantitative estimate of drug-likeness (QED) is 0.918. The van der Waals surface area contributed by atoms with Crippen LogP contribution >= 0.6 is 0 Å². The Labute approximate surface area is 122 Å². The fraction of sp³-hybridized carbons (Fsp3) is 0.588. The van der Waals surface area contributed by atoms with E-state index in [9.17, 15) is 4.79 Å². The fourth-order valence-corrected chi connectivity index (χ4v) is 3.20. The van der Waals surface area contributed by atoms with Crippen LogP contribution in [0.15, 0.2) is 18.2 Å². The molecule has 20 heavy (non-hydrogen) atoms. The smallest absolute Gasteiger partial charge is 0.238 e. The van der Waals surface area contributed by atoms with Crippen LogP contribution in [0.2, 0.25) is 0 Å². The monoisotopic (exact) mass is 274 g/mol. The normalized spacial score (nSPS) is 23.6. The van der Waals surface area contributed by atoms with Gasteiger partial charge in [-0.1, -0.05) is 26.0 Å². The number of nitrogens with zero attached hydrogens (tertiary/aromatic N) is 1. The predicted molar refractivity (Wildman–Crippen MR) is 83.9 cm³/mol. The molecule has 0 aliphatic carbocycles. The summed E-state index contributed by atoms with van der Waals surface area (Å²) in [6, 6.07) is 6.03. The van der Waals surface area contributed by atoms with Gasteiger partial charge in [-0.25, -0.2) is 0 Å². The van der Waals surface area contributed by atoms with E-state index in [1.807, 2.05) is 12.1 Å². The van der Waals surface area contributed by atoms with Crippen molar-refractivity contribution < 1.29 is 4.79 Å². The SMILES string of the molecule is Cc1cccc(NC(=O)CN2CC(C)CC(C)C2)c1C. The standard InChI is InChI=1S/C17H26N2O/c1-12-8-13(2)10-19(9-12)11-17(20)18-16-7-5-6-14(3)15(16)4/h5-7,12-13H,8-11H2,1-4H3,(H,18,20). The van der Waals surface area contributed by atoms with Crippen molar-refractivity contribution in [3.05, 3.63) is 29.3 Å². The summed E-state index contributed by atoms with van der Waals surface area (Å²) in [6.07, 6.45) is 1.27. The Morgan fingerprint density at radius 1 is 1.25 bits per heavy atom. The van der Waals surface area contributed by atoms with Gasteiger partial charge in [-0.2, -0.15) is 0 Å². The molecule has 110 valence electrons. The van der Waals surface area contributed by atoms with Crippen molar-refractivity contribution >= 4 is 11.6 Å². The molecule has 2 unspecified atom stereocenters. The lowest BCUT2D eigenvalue weighted by Gasteiger charge is -2.34. The van der Waals surface area contributed by atoms with Crippen molar-refractivity contribution in [3.63, 3.8) is 0 Å². The molecule has 1 saturated heterocycles. The number of carbonyl (C=O) groups excluding carboxylic acids is 1. The molecule has 0 saturated carbocycles. The molecule has 3 heteroatoms. The third kappa shape index (κ3) is 3.83. The molecule has 1 heterocycles. The molecule has 1 N–H and O–H groups in total. The minimum Gasteiger partial charge on any atom is -0.325 e. The average Bonchev–Trinajstić information content (AvgIpc) is 2.33. The number of hydrogen-bond acceptors (Lipinski definition) is 2. The van der Waals surface area contributed by atoms with Crippen molar-refractivity contribution in [1.29, 1.82) is 0 Å². The highest BCUT2D eigenvalue weighted by atomic mass is 16.2. The summed E-state index contributed by atoms with van der Waals surface area (Å²) < 4.78 is 0. The molecule has 0 aromatic heterocycles. The zero-order chi connectivity index (χ0) is 14.7. The molecule has 1 aliphatic rings. The topological polar surface area (TPSA) is 32.3 Å². The number of nitrogens with one attached hydrogen (secondary N) is 1. The zero-order valence-electron chi connectivity index (χ0n) is 13.1. The van der Waals surface area contributed by atoms with E-state index in [0.717, 1.165) is 24.3 Å². The first kappa shape index (κ1) is 15.0. The molecule has 0 bridgehead atoms. The second-order valence-electron chi connectivity index (χ2n) is 6.44. The van der Waals surface area contributed by atoms with Crippen LogP contribution in [-0.2, 0) is 4.79 Å². The van der Waals surface area contributed by atoms with Crippen molar-refractivity contribution in [2.24, 2.45) is 11.8 Å². The zero-order valence-corrected chi connectivity index (χ0v) is 13.1. The van der Waals surface area contributed by atoms with Gasteiger partial charge in [0.1, 0.15) is 0 Å². The van der Waals surface area contributed by atoms with E-state index in [2.05, 4.69) is 44.0 Å². The Hall–Kier alpha value is -1.35. The summed E-state index contributed by atoms with van der Waals surface area (Å²) >= 11 is 0. The number of likely N-dealkylation sites (tertiary alicyclic amines) is 1. The maximum absolute atomic E-state index is 12.2. The molecule has 1 aromatic rings. The Kier molecular flexibility index (Phi) is 4.81. The predicted octanol–water partition coefficient (Wildman–Crippen LogP) is 3.22. The molecule has 1 fully saturated rings. The minimum atomic E-state index is 0.0972. The molecular formula is C17H26N2O. The van der Waals surface area contributed by atoms with Crippen LogP contribution < -0.4 is 5.32 Å². The maximum atomic E-state index is 12.2. The van der Waals surface area contributed by atoms with Gasteiger partial charge in [0, 0.05) is 18.8 Å². The molecule has 3 nitrogen and oxygen atoms in total. The second kappa shape index (κ2) is 6.40. The van der Waals surface area contributed by atoms with Crippen molar-refractivity contribution in [2.75, 3.05) is 25.0 Å². The Morgan fingerprint density at radius 2 is 1.90 bits per heavy atom. The number of aryl methyl sites for hydroxylation is 1. The first-order chi connectivity index (χ1) is 9.45. The van der Waals surface area contributed by atoms with Gasteiger partial charge in [-0.3, -0.25) is 9.69 Å². The largest absolute Gasteiger partial charge is 0.325 e. The van der Waals surface area contributed by atoms with E-state index in [1.165, 1.54) is 12.0 Å². The number of carbonyl (C=O) groups is 1. The Bertz CT molecular complexity index is 474. The number of benzene rings is 1. The van der Waals surface area contributed by atoms with Crippen LogP contribution in [0.5, 0.6) is 0 Å². The van der Waals surface area contributed by atoms with Crippen LogP contribution in [0.1, 0.15) is 31.4 Å². The third-order valence-corrected chi connectivity index (χ3v) is 4.19. The second-order valence-corrected chi connectivity index (χ2v) is 6.44. The fourth-order valence-electron chi connectivity index (χ4n) is 3.20. The maximum Gasteiger partial charge on any atom is 0.238 e. The molecule has 2 rings (SSSR count). The lowest BCUT2D eigenvalue weighted by molar-refractivity contribution is -0.117. The summed E-state index contributed by atoms with van der Waals surface area (Å²) in [7, 11) is 0. The Morgan fingerprint density at radius 3 is 2.55 bits per heavy atom. The summed E-state index contributed by atoms with van der Waals surface area (Å²) in [6.45, 7) is 11.2. The van der Waals surface area contributed by atoms with Gasteiger partial charge >= 0.3 is 0 Å². The number of rotatable bonds is 3. The van der Waals surface area contributed by atoms with Gasteiger partial charge in [0.15, 0.2) is 0 Å². The van der Waals surface area contributed by atoms with E-state index in [0.29, 0.717) is 18.4 Å². The number of hydrogen-bond donors (Lipinski definition) is 1. The highest BCUT2D eigenvalue weighted by Gasteiger charge is 2.23. The lowest BCUT2D eigenvalue weighted by atomic mass is 9.92. The summed E-state index contributed by atoms with van der Waals surface area (Å²) in [5.74, 6) is 1.47. The average molecular weight is 274 g/mol. The first-order valence-electron chi connectivity index (χ1n) is 7.54. The molecule has 2 atom stereocenters. The van der Waals surface area contributed by atoms with E-state index < -0.39 is 0 Å². The number of amides is 1. The van der Waals surface area contributed by atoms with Crippen LogP contribution in [0.3, 0.4) is 0 Å². The highest BCUT2D eigenvalue weighted by molar-refractivity contribution is 5.93. The van der Waals surface area contributed by atoms with Crippen LogP contribution in [0, 0.1) is 25.7 Å². The third-order valence-electron chi connectivity index (χ3n) is 4.19. The van der Waals surface area contributed by atoms with E-state index in [-0.39, 0.29) is 5.91 Å². The first-order valence-corrected chi connectivity index (χ1v) is 7.54. The Balaban J connectivity index is 1.94. The van der Waals surface area contributed by atoms with Crippen molar-refractivity contribution in [1.82, 2.24) is 4.90 Å². The number of piperidine rings is 1. The molecule has 0 radical (unpaired) electrons. The van der Waals surface area contributed by atoms with E-state index in [4.69, 9.17) is 0 Å². The summed E-state index contributed by atoms with van der Waals surface area (Å²) in [4.78, 5) is 14.5. The molecular weight excluding hydrogens is 248 g/mol.